The number of fused-ring (bicyclic) bond motifs is 1. The summed E-state index contributed by atoms with van der Waals surface area (Å²) in [7, 11) is -3.60. The molecule has 3 N–H and O–H groups in total. The van der Waals surface area contributed by atoms with E-state index in [2.05, 4.69) is 5.32 Å². The van der Waals surface area contributed by atoms with Gasteiger partial charge in [-0.1, -0.05) is 12.2 Å². The Morgan fingerprint density at radius 1 is 1.36 bits per heavy atom. The van der Waals surface area contributed by atoms with E-state index < -0.39 is 10.0 Å². The molecule has 1 aromatic rings. The van der Waals surface area contributed by atoms with E-state index in [1.54, 1.807) is 12.1 Å². The average Bonchev–Trinajstić information content (AvgIpc) is 2.16. The molecule has 0 bridgehead atoms. The van der Waals surface area contributed by atoms with Crippen molar-refractivity contribution in [2.45, 2.75) is 4.90 Å². The van der Waals surface area contributed by atoms with Gasteiger partial charge in [0.05, 0.1) is 4.90 Å². The van der Waals surface area contributed by atoms with Crippen LogP contribution >= 0.6 is 0 Å². The minimum Gasteiger partial charge on any atom is -0.381 e. The number of benzene rings is 1. The Bertz CT molecular complexity index is 492. The molecule has 14 heavy (non-hydrogen) atoms. The van der Waals surface area contributed by atoms with Gasteiger partial charge in [-0.25, -0.2) is 13.6 Å². The molecule has 5 heteroatoms. The topological polar surface area (TPSA) is 72.2 Å². The van der Waals surface area contributed by atoms with E-state index in [1.807, 2.05) is 12.2 Å². The first-order valence-electron chi connectivity index (χ1n) is 4.15. The molecule has 74 valence electrons. The lowest BCUT2D eigenvalue weighted by molar-refractivity contribution is 0.598. The first-order chi connectivity index (χ1) is 6.57. The van der Waals surface area contributed by atoms with Crippen LogP contribution in [-0.2, 0) is 10.0 Å². The molecule has 1 aromatic carbocycles. The van der Waals surface area contributed by atoms with Crippen LogP contribution < -0.4 is 10.5 Å². The number of nitrogens with two attached hydrogens (primary N) is 1. The largest absolute Gasteiger partial charge is 0.381 e. The van der Waals surface area contributed by atoms with Crippen molar-refractivity contribution in [2.75, 3.05) is 11.9 Å². The molecule has 0 atom stereocenters. The van der Waals surface area contributed by atoms with E-state index in [0.29, 0.717) is 0 Å². The summed E-state index contributed by atoms with van der Waals surface area (Å²) in [6.07, 6.45) is 3.80. The van der Waals surface area contributed by atoms with Crippen molar-refractivity contribution in [1.82, 2.24) is 0 Å². The number of rotatable bonds is 1. The zero-order chi connectivity index (χ0) is 10.2. The molecule has 4 nitrogen and oxygen atoms in total. The van der Waals surface area contributed by atoms with Crippen LogP contribution in [0.3, 0.4) is 0 Å². The summed E-state index contributed by atoms with van der Waals surface area (Å²) in [4.78, 5) is 0.143. The highest BCUT2D eigenvalue weighted by atomic mass is 32.2. The number of anilines is 1. The molecule has 0 fully saturated rings. The van der Waals surface area contributed by atoms with Gasteiger partial charge < -0.3 is 5.32 Å². The lowest BCUT2D eigenvalue weighted by atomic mass is 10.1. The van der Waals surface area contributed by atoms with E-state index in [4.69, 9.17) is 5.14 Å². The average molecular weight is 210 g/mol. The Morgan fingerprint density at radius 2 is 2.14 bits per heavy atom. The number of sulfonamides is 1. The minimum atomic E-state index is -3.60. The van der Waals surface area contributed by atoms with E-state index in [-0.39, 0.29) is 4.90 Å². The maximum absolute atomic E-state index is 11.1. The summed E-state index contributed by atoms with van der Waals surface area (Å²) >= 11 is 0. The molecule has 0 aliphatic carbocycles. The molecule has 0 spiro atoms. The van der Waals surface area contributed by atoms with E-state index in [1.165, 1.54) is 6.07 Å². The smallest absolute Gasteiger partial charge is 0.238 e. The predicted octanol–water partition coefficient (Wildman–Crippen LogP) is 0.773. The third-order valence-electron chi connectivity index (χ3n) is 2.06. The zero-order valence-electron chi connectivity index (χ0n) is 7.40. The molecule has 0 saturated carbocycles. The molecule has 1 aliphatic rings. The van der Waals surface area contributed by atoms with Crippen LogP contribution in [0.15, 0.2) is 29.2 Å². The summed E-state index contributed by atoms with van der Waals surface area (Å²) in [6, 6.07) is 4.78. The summed E-state index contributed by atoms with van der Waals surface area (Å²) in [5.41, 5.74) is 1.78. The van der Waals surface area contributed by atoms with Gasteiger partial charge in [0, 0.05) is 12.2 Å². The minimum absolute atomic E-state index is 0.143. The maximum Gasteiger partial charge on any atom is 0.238 e. The summed E-state index contributed by atoms with van der Waals surface area (Å²) in [5.74, 6) is 0. The van der Waals surface area contributed by atoms with Crippen LogP contribution in [0.2, 0.25) is 0 Å². The second-order valence-electron chi connectivity index (χ2n) is 3.08. The van der Waals surface area contributed by atoms with Gasteiger partial charge in [0.2, 0.25) is 10.0 Å². The van der Waals surface area contributed by atoms with Gasteiger partial charge in [-0.15, -0.1) is 0 Å². The maximum atomic E-state index is 11.1. The van der Waals surface area contributed by atoms with Crippen molar-refractivity contribution >= 4 is 21.8 Å². The van der Waals surface area contributed by atoms with Gasteiger partial charge in [-0.3, -0.25) is 0 Å². The molecule has 0 aromatic heterocycles. The Morgan fingerprint density at radius 3 is 2.86 bits per heavy atom. The van der Waals surface area contributed by atoms with Crippen molar-refractivity contribution in [3.8, 4) is 0 Å². The van der Waals surface area contributed by atoms with E-state index >= 15 is 0 Å². The van der Waals surface area contributed by atoms with Crippen LogP contribution in [-0.4, -0.2) is 15.0 Å². The lowest BCUT2D eigenvalue weighted by Gasteiger charge is -2.13. The Balaban J connectivity index is 2.56. The molecule has 0 unspecified atom stereocenters. The van der Waals surface area contributed by atoms with Crippen LogP contribution in [0, 0.1) is 0 Å². The fourth-order valence-electron chi connectivity index (χ4n) is 1.37. The normalized spacial score (nSPS) is 14.6. The Labute approximate surface area is 82.5 Å². The molecular weight excluding hydrogens is 200 g/mol. The zero-order valence-corrected chi connectivity index (χ0v) is 8.21. The summed E-state index contributed by atoms with van der Waals surface area (Å²) < 4.78 is 22.1. The molecule has 0 amide bonds. The monoisotopic (exact) mass is 210 g/mol. The number of hydrogen-bond donors (Lipinski definition) is 2. The SMILES string of the molecule is NS(=O)(=O)c1ccc2c(c1)C=CCN2. The van der Waals surface area contributed by atoms with Gasteiger partial charge in [-0.2, -0.15) is 0 Å². The highest BCUT2D eigenvalue weighted by molar-refractivity contribution is 7.89. The van der Waals surface area contributed by atoms with Crippen LogP contribution in [0.25, 0.3) is 6.08 Å². The third-order valence-corrected chi connectivity index (χ3v) is 2.97. The van der Waals surface area contributed by atoms with Gasteiger partial charge in [-0.05, 0) is 23.8 Å². The molecule has 1 heterocycles. The lowest BCUT2D eigenvalue weighted by Crippen LogP contribution is -2.13. The summed E-state index contributed by atoms with van der Waals surface area (Å²) in [5, 5.41) is 8.14. The van der Waals surface area contributed by atoms with E-state index in [9.17, 15) is 8.42 Å². The first-order valence-corrected chi connectivity index (χ1v) is 5.69. The van der Waals surface area contributed by atoms with Crippen molar-refractivity contribution < 1.29 is 8.42 Å². The third kappa shape index (κ3) is 1.64. The van der Waals surface area contributed by atoms with Gasteiger partial charge in [0.1, 0.15) is 0 Å². The van der Waals surface area contributed by atoms with Crippen LogP contribution in [0.5, 0.6) is 0 Å². The number of hydrogen-bond acceptors (Lipinski definition) is 3. The Hall–Kier alpha value is -1.33. The highest BCUT2D eigenvalue weighted by Gasteiger charge is 2.11. The van der Waals surface area contributed by atoms with Crippen LogP contribution in [0.1, 0.15) is 5.56 Å². The second-order valence-corrected chi connectivity index (χ2v) is 4.64. The standard InChI is InChI=1S/C9H10N2O2S/c10-14(12,13)8-3-4-9-7(6-8)2-1-5-11-9/h1-4,6,11H,5H2,(H2,10,12,13). The van der Waals surface area contributed by atoms with E-state index in [0.717, 1.165) is 17.8 Å². The van der Waals surface area contributed by atoms with Crippen LogP contribution in [0.4, 0.5) is 5.69 Å². The van der Waals surface area contributed by atoms with Gasteiger partial charge in [0.15, 0.2) is 0 Å². The molecule has 0 radical (unpaired) electrons. The first kappa shape index (κ1) is 9.23. The van der Waals surface area contributed by atoms with Crippen molar-refractivity contribution in [3.63, 3.8) is 0 Å². The molecule has 0 saturated heterocycles. The molecule has 1 aliphatic heterocycles. The molecular formula is C9H10N2O2S. The summed E-state index contributed by atoms with van der Waals surface area (Å²) in [6.45, 7) is 0.766. The number of primary sulfonamides is 1. The highest BCUT2D eigenvalue weighted by Crippen LogP contribution is 2.23. The fourth-order valence-corrected chi connectivity index (χ4v) is 1.92. The molecule has 2 rings (SSSR count). The quantitative estimate of drug-likeness (QED) is 0.719. The van der Waals surface area contributed by atoms with Gasteiger partial charge in [0.25, 0.3) is 0 Å². The van der Waals surface area contributed by atoms with Gasteiger partial charge >= 0.3 is 0 Å². The fraction of sp³-hybridized carbons (Fsp3) is 0.111. The van der Waals surface area contributed by atoms with Crippen molar-refractivity contribution in [3.05, 3.63) is 29.8 Å². The predicted molar refractivity (Wildman–Crippen MR) is 55.3 cm³/mol. The van der Waals surface area contributed by atoms with Crippen molar-refractivity contribution in [1.29, 1.82) is 0 Å². The second kappa shape index (κ2) is 3.11. The number of nitrogens with one attached hydrogen (secondary N) is 1. The Kier molecular flexibility index (Phi) is 2.05. The van der Waals surface area contributed by atoms with Crippen molar-refractivity contribution in [2.24, 2.45) is 5.14 Å².